The molecular weight excluding hydrogens is 472 g/mol. The SMILES string of the molecule is CCCCCCCCCCCCC(C(=O)OCC)C(CCCCCCCCCC)C(=O)OCCCCCC. The fraction of sp³-hybridized carbons (Fsp3) is 0.941. The first kappa shape index (κ1) is 36.9. The molecule has 0 aliphatic carbocycles. The predicted molar refractivity (Wildman–Crippen MR) is 162 cm³/mol. The first-order chi connectivity index (χ1) is 18.6. The van der Waals surface area contributed by atoms with Gasteiger partial charge in [-0.1, -0.05) is 156 Å². The number of carbonyl (C=O) groups excluding carboxylic acids is 2. The average Bonchev–Trinajstić information content (AvgIpc) is 2.91. The molecule has 226 valence electrons. The van der Waals surface area contributed by atoms with Crippen LogP contribution in [0.15, 0.2) is 0 Å². The molecule has 38 heavy (non-hydrogen) atoms. The average molecular weight is 539 g/mol. The molecule has 0 aliphatic rings. The van der Waals surface area contributed by atoms with Crippen LogP contribution in [0.4, 0.5) is 0 Å². The Kier molecular flexibility index (Phi) is 28.1. The Morgan fingerprint density at radius 3 is 1.11 bits per heavy atom. The Labute approximate surface area is 237 Å². The summed E-state index contributed by atoms with van der Waals surface area (Å²) in [5, 5.41) is 0. The van der Waals surface area contributed by atoms with Crippen molar-refractivity contribution >= 4 is 11.9 Å². The third kappa shape index (κ3) is 21.8. The number of unbranched alkanes of at least 4 members (excludes halogenated alkanes) is 19. The zero-order valence-corrected chi connectivity index (χ0v) is 26.2. The van der Waals surface area contributed by atoms with Gasteiger partial charge in [0.1, 0.15) is 0 Å². The molecule has 0 saturated heterocycles. The molecule has 2 unspecified atom stereocenters. The third-order valence-electron chi connectivity index (χ3n) is 7.86. The van der Waals surface area contributed by atoms with E-state index in [1.54, 1.807) is 0 Å². The number of ether oxygens (including phenoxy) is 2. The second kappa shape index (κ2) is 28.9. The minimum Gasteiger partial charge on any atom is -0.466 e. The Morgan fingerprint density at radius 1 is 0.421 bits per heavy atom. The van der Waals surface area contributed by atoms with Crippen molar-refractivity contribution in [2.45, 2.75) is 182 Å². The predicted octanol–water partition coefficient (Wildman–Crippen LogP) is 10.7. The van der Waals surface area contributed by atoms with Crippen LogP contribution in [-0.4, -0.2) is 25.2 Å². The highest BCUT2D eigenvalue weighted by Gasteiger charge is 2.35. The quantitative estimate of drug-likeness (QED) is 0.0702. The molecule has 0 bridgehead atoms. The summed E-state index contributed by atoms with van der Waals surface area (Å²) >= 11 is 0. The summed E-state index contributed by atoms with van der Waals surface area (Å²) in [7, 11) is 0. The van der Waals surface area contributed by atoms with Gasteiger partial charge in [-0.2, -0.15) is 0 Å². The van der Waals surface area contributed by atoms with Gasteiger partial charge in [0, 0.05) is 0 Å². The summed E-state index contributed by atoms with van der Waals surface area (Å²) in [6, 6.07) is 0. The first-order valence-electron chi connectivity index (χ1n) is 16.9. The molecule has 2 atom stereocenters. The van der Waals surface area contributed by atoms with Crippen molar-refractivity contribution in [3.05, 3.63) is 0 Å². The van der Waals surface area contributed by atoms with Gasteiger partial charge in [0.15, 0.2) is 0 Å². The molecule has 0 N–H and O–H groups in total. The van der Waals surface area contributed by atoms with Crippen molar-refractivity contribution in [3.63, 3.8) is 0 Å². The molecule has 0 fully saturated rings. The largest absolute Gasteiger partial charge is 0.466 e. The van der Waals surface area contributed by atoms with Crippen molar-refractivity contribution in [1.29, 1.82) is 0 Å². The van der Waals surface area contributed by atoms with E-state index < -0.39 is 0 Å². The molecule has 0 aliphatic heterocycles. The summed E-state index contributed by atoms with van der Waals surface area (Å²) in [5.41, 5.74) is 0. The summed E-state index contributed by atoms with van der Waals surface area (Å²) in [6.45, 7) is 9.39. The van der Waals surface area contributed by atoms with Crippen LogP contribution in [0.3, 0.4) is 0 Å². The molecule has 0 radical (unpaired) electrons. The van der Waals surface area contributed by atoms with Gasteiger partial charge in [0.05, 0.1) is 25.0 Å². The first-order valence-corrected chi connectivity index (χ1v) is 16.9. The number of hydrogen-bond donors (Lipinski definition) is 0. The number of hydrogen-bond acceptors (Lipinski definition) is 4. The molecule has 0 aromatic rings. The minimum atomic E-state index is -0.364. The highest BCUT2D eigenvalue weighted by molar-refractivity contribution is 5.82. The van der Waals surface area contributed by atoms with Crippen molar-refractivity contribution in [2.75, 3.05) is 13.2 Å². The molecule has 0 heterocycles. The van der Waals surface area contributed by atoms with Crippen LogP contribution < -0.4 is 0 Å². The van der Waals surface area contributed by atoms with Crippen molar-refractivity contribution in [2.24, 2.45) is 11.8 Å². The molecule has 0 spiro atoms. The summed E-state index contributed by atoms with van der Waals surface area (Å²) in [4.78, 5) is 26.2. The van der Waals surface area contributed by atoms with E-state index in [-0.39, 0.29) is 23.8 Å². The summed E-state index contributed by atoms with van der Waals surface area (Å²) < 4.78 is 11.2. The van der Waals surface area contributed by atoms with Gasteiger partial charge in [-0.05, 0) is 26.2 Å². The lowest BCUT2D eigenvalue weighted by atomic mass is 9.83. The van der Waals surface area contributed by atoms with E-state index in [0.717, 1.165) is 51.4 Å². The standard InChI is InChI=1S/C34H66O4/c1-5-9-12-15-17-19-20-22-24-25-28-31(33(35)37-8-4)32(34(36)38-30-27-14-11-7-3)29-26-23-21-18-16-13-10-6-2/h31-32H,5-30H2,1-4H3. The number of esters is 2. The van der Waals surface area contributed by atoms with Gasteiger partial charge >= 0.3 is 11.9 Å². The van der Waals surface area contributed by atoms with Crippen molar-refractivity contribution in [3.8, 4) is 0 Å². The minimum absolute atomic E-state index is 0.172. The van der Waals surface area contributed by atoms with Gasteiger partial charge in [-0.3, -0.25) is 9.59 Å². The molecule has 0 rings (SSSR count). The number of carbonyl (C=O) groups is 2. The van der Waals surface area contributed by atoms with Gasteiger partial charge in [0.25, 0.3) is 0 Å². The molecule has 0 aromatic carbocycles. The van der Waals surface area contributed by atoms with Crippen LogP contribution in [0.5, 0.6) is 0 Å². The smallest absolute Gasteiger partial charge is 0.309 e. The highest BCUT2D eigenvalue weighted by atomic mass is 16.5. The zero-order chi connectivity index (χ0) is 28.1. The normalized spacial score (nSPS) is 12.8. The molecule has 0 amide bonds. The Bertz CT molecular complexity index is 519. The van der Waals surface area contributed by atoms with Gasteiger partial charge in [0.2, 0.25) is 0 Å². The Hall–Kier alpha value is -1.06. The van der Waals surface area contributed by atoms with E-state index in [4.69, 9.17) is 9.47 Å². The lowest BCUT2D eigenvalue weighted by Crippen LogP contribution is -2.33. The van der Waals surface area contributed by atoms with E-state index in [1.807, 2.05) is 6.92 Å². The highest BCUT2D eigenvalue weighted by Crippen LogP contribution is 2.28. The van der Waals surface area contributed by atoms with E-state index in [2.05, 4.69) is 20.8 Å². The van der Waals surface area contributed by atoms with E-state index in [1.165, 1.54) is 103 Å². The molecule has 4 heteroatoms. The fourth-order valence-corrected chi connectivity index (χ4v) is 5.37. The molecule has 0 saturated carbocycles. The molecule has 4 nitrogen and oxygen atoms in total. The maximum absolute atomic E-state index is 13.2. The van der Waals surface area contributed by atoms with Crippen LogP contribution in [0.25, 0.3) is 0 Å². The van der Waals surface area contributed by atoms with Crippen molar-refractivity contribution in [1.82, 2.24) is 0 Å². The van der Waals surface area contributed by atoms with E-state index in [0.29, 0.717) is 13.2 Å². The second-order valence-corrected chi connectivity index (χ2v) is 11.4. The summed E-state index contributed by atoms with van der Waals surface area (Å²) in [6.07, 6.45) is 28.3. The van der Waals surface area contributed by atoms with Gasteiger partial charge in [-0.25, -0.2) is 0 Å². The third-order valence-corrected chi connectivity index (χ3v) is 7.86. The van der Waals surface area contributed by atoms with Gasteiger partial charge in [-0.15, -0.1) is 0 Å². The Morgan fingerprint density at radius 2 is 0.737 bits per heavy atom. The van der Waals surface area contributed by atoms with E-state index >= 15 is 0 Å². The maximum atomic E-state index is 13.2. The number of rotatable bonds is 29. The van der Waals surface area contributed by atoms with Gasteiger partial charge < -0.3 is 9.47 Å². The lowest BCUT2D eigenvalue weighted by molar-refractivity contribution is -0.161. The lowest BCUT2D eigenvalue weighted by Gasteiger charge is -2.24. The Balaban J connectivity index is 4.79. The second-order valence-electron chi connectivity index (χ2n) is 11.4. The van der Waals surface area contributed by atoms with Crippen LogP contribution in [-0.2, 0) is 19.1 Å². The van der Waals surface area contributed by atoms with Crippen LogP contribution >= 0.6 is 0 Å². The van der Waals surface area contributed by atoms with Crippen LogP contribution in [0.2, 0.25) is 0 Å². The zero-order valence-electron chi connectivity index (χ0n) is 26.2. The van der Waals surface area contributed by atoms with Crippen molar-refractivity contribution < 1.29 is 19.1 Å². The molecular formula is C34H66O4. The molecule has 0 aromatic heterocycles. The maximum Gasteiger partial charge on any atom is 0.309 e. The topological polar surface area (TPSA) is 52.6 Å². The van der Waals surface area contributed by atoms with E-state index in [9.17, 15) is 9.59 Å². The fourth-order valence-electron chi connectivity index (χ4n) is 5.37. The van der Waals surface area contributed by atoms with Crippen LogP contribution in [0.1, 0.15) is 182 Å². The van der Waals surface area contributed by atoms with Crippen LogP contribution in [0, 0.1) is 11.8 Å². The monoisotopic (exact) mass is 538 g/mol. The summed E-state index contributed by atoms with van der Waals surface area (Å²) in [5.74, 6) is -1.10.